The number of likely N-dealkylation sites (tertiary alicyclic amines) is 1. The van der Waals surface area contributed by atoms with Gasteiger partial charge in [0.1, 0.15) is 0 Å². The van der Waals surface area contributed by atoms with E-state index >= 15 is 0 Å². The molecule has 1 aliphatic heterocycles. The van der Waals surface area contributed by atoms with Crippen LogP contribution in [0.3, 0.4) is 0 Å². The van der Waals surface area contributed by atoms with E-state index in [0.717, 1.165) is 12.0 Å². The number of rotatable bonds is 17. The fraction of sp³-hybridized carbons (Fsp3) is 1.00. The van der Waals surface area contributed by atoms with Crippen molar-refractivity contribution in [1.82, 2.24) is 4.90 Å². The Hall–Kier alpha value is -0.0400. The van der Waals surface area contributed by atoms with Crippen LogP contribution in [0.1, 0.15) is 130 Å². The summed E-state index contributed by atoms with van der Waals surface area (Å²) in [6.07, 6.45) is 24.9. The van der Waals surface area contributed by atoms with Crippen molar-refractivity contribution in [2.45, 2.75) is 136 Å². The third kappa shape index (κ3) is 13.8. The lowest BCUT2D eigenvalue weighted by molar-refractivity contribution is 0.242. The topological polar surface area (TPSA) is 3.24 Å². The molecule has 1 nitrogen and oxygen atoms in total. The Morgan fingerprint density at radius 1 is 0.520 bits per heavy atom. The highest BCUT2D eigenvalue weighted by Crippen LogP contribution is 2.18. The molecule has 1 unspecified atom stereocenters. The monoisotopic (exact) mass is 351 g/mol. The molecule has 0 N–H and O–H groups in total. The predicted octanol–water partition coefficient (Wildman–Crippen LogP) is 7.98. The van der Waals surface area contributed by atoms with Crippen molar-refractivity contribution in [2.24, 2.45) is 5.92 Å². The van der Waals surface area contributed by atoms with Crippen LogP contribution in [0.25, 0.3) is 0 Å². The maximum Gasteiger partial charge on any atom is 0.00669 e. The third-order valence-electron chi connectivity index (χ3n) is 6.17. The molecular formula is C24H49N. The highest BCUT2D eigenvalue weighted by molar-refractivity contribution is 4.72. The van der Waals surface area contributed by atoms with Gasteiger partial charge in [0.25, 0.3) is 0 Å². The molecule has 150 valence electrons. The van der Waals surface area contributed by atoms with Gasteiger partial charge in [0.2, 0.25) is 0 Å². The fourth-order valence-electron chi connectivity index (χ4n) is 4.30. The molecule has 0 spiro atoms. The maximum atomic E-state index is 2.70. The number of hydrogen-bond donors (Lipinski definition) is 0. The van der Waals surface area contributed by atoms with Gasteiger partial charge in [-0.15, -0.1) is 0 Å². The van der Waals surface area contributed by atoms with E-state index in [1.165, 1.54) is 122 Å². The minimum absolute atomic E-state index is 0.841. The zero-order chi connectivity index (χ0) is 18.2. The van der Waals surface area contributed by atoms with Crippen LogP contribution in [0.4, 0.5) is 0 Å². The van der Waals surface area contributed by atoms with Crippen molar-refractivity contribution in [1.29, 1.82) is 0 Å². The SMILES string of the molecule is CC(C)CCCCCCCCCCCCCCCC(C)N1CCCC1. The minimum atomic E-state index is 0.841. The number of nitrogens with zero attached hydrogens (tertiary/aromatic N) is 1. The Morgan fingerprint density at radius 2 is 0.880 bits per heavy atom. The summed E-state index contributed by atoms with van der Waals surface area (Å²) in [7, 11) is 0. The molecule has 0 radical (unpaired) electrons. The van der Waals surface area contributed by atoms with Crippen LogP contribution in [0.15, 0.2) is 0 Å². The lowest BCUT2D eigenvalue weighted by Gasteiger charge is -2.23. The number of hydrogen-bond acceptors (Lipinski definition) is 1. The molecule has 0 saturated carbocycles. The van der Waals surface area contributed by atoms with Gasteiger partial charge in [0.05, 0.1) is 0 Å². The molecular weight excluding hydrogens is 302 g/mol. The smallest absolute Gasteiger partial charge is 0.00669 e. The summed E-state index contributed by atoms with van der Waals surface area (Å²) in [4.78, 5) is 2.70. The summed E-state index contributed by atoms with van der Waals surface area (Å²) in [5, 5.41) is 0. The van der Waals surface area contributed by atoms with E-state index in [9.17, 15) is 0 Å². The molecule has 1 rings (SSSR count). The van der Waals surface area contributed by atoms with Crippen LogP contribution in [-0.2, 0) is 0 Å². The molecule has 1 atom stereocenters. The average Bonchev–Trinajstić information content (AvgIpc) is 3.12. The molecule has 0 aromatic rings. The predicted molar refractivity (Wildman–Crippen MR) is 114 cm³/mol. The van der Waals surface area contributed by atoms with Crippen LogP contribution >= 0.6 is 0 Å². The van der Waals surface area contributed by atoms with Crippen LogP contribution in [0.5, 0.6) is 0 Å². The van der Waals surface area contributed by atoms with Crippen LogP contribution in [0.2, 0.25) is 0 Å². The van der Waals surface area contributed by atoms with Gasteiger partial charge < -0.3 is 4.90 Å². The van der Waals surface area contributed by atoms with E-state index in [2.05, 4.69) is 25.7 Å². The minimum Gasteiger partial charge on any atom is -0.301 e. The molecule has 1 aliphatic rings. The summed E-state index contributed by atoms with van der Waals surface area (Å²) in [6.45, 7) is 9.85. The van der Waals surface area contributed by atoms with Crippen LogP contribution in [-0.4, -0.2) is 24.0 Å². The standard InChI is InChI=1S/C24H49N/c1-23(2)19-15-13-11-9-7-5-4-6-8-10-12-14-16-20-24(3)25-21-17-18-22-25/h23-24H,4-22H2,1-3H3. The number of unbranched alkanes of at least 4 members (excludes halogenated alkanes) is 12. The van der Waals surface area contributed by atoms with E-state index in [0.29, 0.717) is 0 Å². The molecule has 25 heavy (non-hydrogen) atoms. The second kappa shape index (κ2) is 16.2. The van der Waals surface area contributed by atoms with Gasteiger partial charge in [-0.3, -0.25) is 0 Å². The van der Waals surface area contributed by atoms with Crippen molar-refractivity contribution in [3.05, 3.63) is 0 Å². The zero-order valence-electron chi connectivity index (χ0n) is 18.0. The summed E-state index contributed by atoms with van der Waals surface area (Å²) in [6, 6.07) is 0.841. The molecule has 0 aliphatic carbocycles. The van der Waals surface area contributed by atoms with Gasteiger partial charge >= 0.3 is 0 Å². The first-order chi connectivity index (χ1) is 12.2. The Morgan fingerprint density at radius 3 is 1.28 bits per heavy atom. The van der Waals surface area contributed by atoms with Crippen molar-refractivity contribution in [3.8, 4) is 0 Å². The highest BCUT2D eigenvalue weighted by atomic mass is 15.2. The normalized spacial score (nSPS) is 16.8. The molecule has 1 saturated heterocycles. The van der Waals surface area contributed by atoms with Gasteiger partial charge in [-0.2, -0.15) is 0 Å². The van der Waals surface area contributed by atoms with Crippen molar-refractivity contribution >= 4 is 0 Å². The molecule has 1 heterocycles. The summed E-state index contributed by atoms with van der Waals surface area (Å²) in [5.41, 5.74) is 0. The zero-order valence-corrected chi connectivity index (χ0v) is 18.0. The second-order valence-corrected chi connectivity index (χ2v) is 9.16. The highest BCUT2D eigenvalue weighted by Gasteiger charge is 2.16. The summed E-state index contributed by atoms with van der Waals surface area (Å²) >= 11 is 0. The van der Waals surface area contributed by atoms with Crippen LogP contribution < -0.4 is 0 Å². The lowest BCUT2D eigenvalue weighted by atomic mass is 10.0. The van der Waals surface area contributed by atoms with Crippen molar-refractivity contribution in [2.75, 3.05) is 13.1 Å². The Balaban J connectivity index is 1.70. The Bertz CT molecular complexity index is 267. The molecule has 0 aromatic carbocycles. The first-order valence-corrected chi connectivity index (χ1v) is 11.9. The average molecular weight is 352 g/mol. The maximum absolute atomic E-state index is 2.70. The first-order valence-electron chi connectivity index (χ1n) is 11.9. The summed E-state index contributed by atoms with van der Waals surface area (Å²) < 4.78 is 0. The fourth-order valence-corrected chi connectivity index (χ4v) is 4.30. The van der Waals surface area contributed by atoms with Gasteiger partial charge in [-0.1, -0.05) is 104 Å². The molecule has 1 heteroatoms. The second-order valence-electron chi connectivity index (χ2n) is 9.16. The van der Waals surface area contributed by atoms with E-state index in [1.807, 2.05) is 0 Å². The molecule has 0 bridgehead atoms. The van der Waals surface area contributed by atoms with E-state index in [-0.39, 0.29) is 0 Å². The molecule has 1 fully saturated rings. The van der Waals surface area contributed by atoms with E-state index < -0.39 is 0 Å². The molecule has 0 aromatic heterocycles. The first kappa shape index (κ1) is 23.0. The van der Waals surface area contributed by atoms with Crippen molar-refractivity contribution < 1.29 is 0 Å². The summed E-state index contributed by atoms with van der Waals surface area (Å²) in [5.74, 6) is 0.897. The Labute approximate surface area is 160 Å². The largest absolute Gasteiger partial charge is 0.301 e. The lowest BCUT2D eigenvalue weighted by Crippen LogP contribution is -2.29. The van der Waals surface area contributed by atoms with Gasteiger partial charge in [0, 0.05) is 6.04 Å². The van der Waals surface area contributed by atoms with Gasteiger partial charge in [-0.25, -0.2) is 0 Å². The quantitative estimate of drug-likeness (QED) is 0.240. The van der Waals surface area contributed by atoms with E-state index in [4.69, 9.17) is 0 Å². The molecule has 0 amide bonds. The Kier molecular flexibility index (Phi) is 14.9. The third-order valence-corrected chi connectivity index (χ3v) is 6.17. The van der Waals surface area contributed by atoms with E-state index in [1.54, 1.807) is 0 Å². The van der Waals surface area contributed by atoms with Gasteiger partial charge in [0.15, 0.2) is 0 Å². The van der Waals surface area contributed by atoms with Crippen LogP contribution in [0, 0.1) is 5.92 Å². The van der Waals surface area contributed by atoms with Gasteiger partial charge in [-0.05, 0) is 45.2 Å². The van der Waals surface area contributed by atoms with Crippen molar-refractivity contribution in [3.63, 3.8) is 0 Å².